The Balaban J connectivity index is 2.35. The van der Waals surface area contributed by atoms with E-state index < -0.39 is 0 Å². The van der Waals surface area contributed by atoms with E-state index in [1.165, 1.54) is 0 Å². The Labute approximate surface area is 113 Å². The highest BCUT2D eigenvalue weighted by molar-refractivity contribution is 9.10. The normalized spacial score (nSPS) is 11.3. The molecule has 0 unspecified atom stereocenters. The monoisotopic (exact) mass is 302 g/mol. The van der Waals surface area contributed by atoms with Gasteiger partial charge in [0.25, 0.3) is 0 Å². The fraction of sp³-hybridized carbons (Fsp3) is 0. The first-order chi connectivity index (χ1) is 8.72. The second kappa shape index (κ2) is 5.60. The topological polar surface area (TPSA) is 55.4 Å². The van der Waals surface area contributed by atoms with Crippen LogP contribution in [-0.2, 0) is 0 Å². The lowest BCUT2D eigenvalue weighted by molar-refractivity contribution is 0.106. The number of carbonyl (C=O) groups is 1. The largest absolute Gasteiger partial charge is 0.323 e. The summed E-state index contributed by atoms with van der Waals surface area (Å²) in [5.74, 6) is 5.15. The number of Topliss-reactive ketones (excluding diaryl/α,β-unsaturated/α-hetero) is 1. The second-order valence-electron chi connectivity index (χ2n) is 3.68. The molecule has 0 aromatic heterocycles. The van der Waals surface area contributed by atoms with Crippen LogP contribution in [0.1, 0.15) is 15.9 Å². The molecule has 2 rings (SSSR count). The zero-order valence-corrected chi connectivity index (χ0v) is 11.1. The third-order valence-corrected chi connectivity index (χ3v) is 3.03. The van der Waals surface area contributed by atoms with Crippen LogP contribution in [0.4, 0.5) is 0 Å². The van der Waals surface area contributed by atoms with Crippen molar-refractivity contribution in [1.82, 2.24) is 0 Å². The number of benzene rings is 2. The Morgan fingerprint density at radius 3 is 2.11 bits per heavy atom. The molecule has 4 heteroatoms. The van der Waals surface area contributed by atoms with Gasteiger partial charge in [0.2, 0.25) is 5.78 Å². The number of hydrogen-bond acceptors (Lipinski definition) is 3. The van der Waals surface area contributed by atoms with E-state index in [-0.39, 0.29) is 11.5 Å². The lowest BCUT2D eigenvalue weighted by Gasteiger charge is -2.04. The van der Waals surface area contributed by atoms with E-state index in [2.05, 4.69) is 21.0 Å². The van der Waals surface area contributed by atoms with Gasteiger partial charge in [-0.3, -0.25) is 4.79 Å². The van der Waals surface area contributed by atoms with Crippen molar-refractivity contribution < 1.29 is 4.79 Å². The van der Waals surface area contributed by atoms with Crippen molar-refractivity contribution in [3.05, 3.63) is 70.2 Å². The summed E-state index contributed by atoms with van der Waals surface area (Å²) in [4.78, 5) is 12.3. The van der Waals surface area contributed by atoms with Crippen molar-refractivity contribution >= 4 is 27.4 Å². The third kappa shape index (κ3) is 2.65. The molecule has 0 aliphatic heterocycles. The van der Waals surface area contributed by atoms with Crippen molar-refractivity contribution in [3.8, 4) is 0 Å². The second-order valence-corrected chi connectivity index (χ2v) is 4.60. The summed E-state index contributed by atoms with van der Waals surface area (Å²) in [6.45, 7) is 0. The summed E-state index contributed by atoms with van der Waals surface area (Å²) in [6, 6.07) is 16.3. The molecule has 0 saturated carbocycles. The van der Waals surface area contributed by atoms with Crippen LogP contribution < -0.4 is 5.84 Å². The van der Waals surface area contributed by atoms with Gasteiger partial charge in [0.1, 0.15) is 5.71 Å². The maximum Gasteiger partial charge on any atom is 0.213 e. The van der Waals surface area contributed by atoms with E-state index >= 15 is 0 Å². The van der Waals surface area contributed by atoms with E-state index in [0.29, 0.717) is 11.1 Å². The van der Waals surface area contributed by atoms with Gasteiger partial charge in [-0.25, -0.2) is 0 Å². The number of nitrogens with zero attached hydrogens (tertiary/aromatic N) is 1. The molecule has 0 saturated heterocycles. The van der Waals surface area contributed by atoms with Crippen molar-refractivity contribution in [1.29, 1.82) is 0 Å². The third-order valence-electron chi connectivity index (χ3n) is 2.50. The lowest BCUT2D eigenvalue weighted by Crippen LogP contribution is -2.17. The highest BCUT2D eigenvalue weighted by atomic mass is 79.9. The van der Waals surface area contributed by atoms with Crippen molar-refractivity contribution in [2.45, 2.75) is 0 Å². The average molecular weight is 303 g/mol. The fourth-order valence-electron chi connectivity index (χ4n) is 1.60. The summed E-state index contributed by atoms with van der Waals surface area (Å²) in [6.07, 6.45) is 0. The smallest absolute Gasteiger partial charge is 0.213 e. The highest BCUT2D eigenvalue weighted by Crippen LogP contribution is 2.13. The number of ketones is 1. The van der Waals surface area contributed by atoms with E-state index in [9.17, 15) is 4.79 Å². The predicted molar refractivity (Wildman–Crippen MR) is 75.6 cm³/mol. The van der Waals surface area contributed by atoms with Gasteiger partial charge >= 0.3 is 0 Å². The maximum absolute atomic E-state index is 12.3. The number of nitrogens with two attached hydrogens (primary N) is 1. The Kier molecular flexibility index (Phi) is 3.89. The van der Waals surface area contributed by atoms with Gasteiger partial charge in [-0.2, -0.15) is 5.10 Å². The molecule has 18 heavy (non-hydrogen) atoms. The van der Waals surface area contributed by atoms with Gasteiger partial charge in [-0.15, -0.1) is 0 Å². The van der Waals surface area contributed by atoms with E-state index in [1.807, 2.05) is 42.5 Å². The van der Waals surface area contributed by atoms with Gasteiger partial charge in [-0.1, -0.05) is 46.3 Å². The minimum atomic E-state index is -0.184. The molecule has 0 aliphatic carbocycles. The first kappa shape index (κ1) is 12.5. The molecule has 0 atom stereocenters. The van der Waals surface area contributed by atoms with Crippen LogP contribution in [0.25, 0.3) is 0 Å². The van der Waals surface area contributed by atoms with E-state index in [0.717, 1.165) is 4.47 Å². The van der Waals surface area contributed by atoms with E-state index in [4.69, 9.17) is 5.84 Å². The molecular formula is C14H11BrN2O. The zero-order chi connectivity index (χ0) is 13.0. The Morgan fingerprint density at radius 1 is 0.944 bits per heavy atom. The molecular weight excluding hydrogens is 292 g/mol. The molecule has 0 radical (unpaired) electrons. The summed E-state index contributed by atoms with van der Waals surface area (Å²) < 4.78 is 0.921. The summed E-state index contributed by atoms with van der Waals surface area (Å²) in [7, 11) is 0. The van der Waals surface area contributed by atoms with Crippen molar-refractivity contribution in [3.63, 3.8) is 0 Å². The Morgan fingerprint density at radius 2 is 1.56 bits per heavy atom. The predicted octanol–water partition coefficient (Wildman–Crippen LogP) is 2.99. The molecule has 2 aromatic rings. The molecule has 0 heterocycles. The van der Waals surface area contributed by atoms with Gasteiger partial charge in [0, 0.05) is 15.6 Å². The van der Waals surface area contributed by atoms with Gasteiger partial charge in [0.15, 0.2) is 0 Å². The average Bonchev–Trinajstić information content (AvgIpc) is 2.41. The fourth-order valence-corrected chi connectivity index (χ4v) is 1.86. The summed E-state index contributed by atoms with van der Waals surface area (Å²) >= 11 is 3.33. The highest BCUT2D eigenvalue weighted by Gasteiger charge is 2.15. The van der Waals surface area contributed by atoms with Crippen LogP contribution in [0.5, 0.6) is 0 Å². The van der Waals surface area contributed by atoms with Crippen LogP contribution in [0, 0.1) is 0 Å². The van der Waals surface area contributed by atoms with Gasteiger partial charge < -0.3 is 5.84 Å². The molecule has 0 bridgehead atoms. The first-order valence-electron chi connectivity index (χ1n) is 5.36. The maximum atomic E-state index is 12.3. The molecule has 3 nitrogen and oxygen atoms in total. The van der Waals surface area contributed by atoms with Crippen LogP contribution in [-0.4, -0.2) is 11.5 Å². The minimum absolute atomic E-state index is 0.184. The van der Waals surface area contributed by atoms with Gasteiger partial charge in [0.05, 0.1) is 0 Å². The van der Waals surface area contributed by atoms with Crippen molar-refractivity contribution in [2.24, 2.45) is 10.9 Å². The number of halogens is 1. The minimum Gasteiger partial charge on any atom is -0.323 e. The first-order valence-corrected chi connectivity index (χ1v) is 6.15. The molecule has 0 aliphatic rings. The SMILES string of the molecule is N/N=C(/C(=O)c1ccc(Br)cc1)c1ccccc1. The molecule has 2 aromatic carbocycles. The Bertz CT molecular complexity index is 577. The Hall–Kier alpha value is -1.94. The van der Waals surface area contributed by atoms with E-state index in [1.54, 1.807) is 12.1 Å². The van der Waals surface area contributed by atoms with Crippen LogP contribution in [0.15, 0.2) is 64.2 Å². The van der Waals surface area contributed by atoms with Gasteiger partial charge in [-0.05, 0) is 24.3 Å². The standard InChI is InChI=1S/C14H11BrN2O/c15-12-8-6-11(7-9-12)14(18)13(17-16)10-4-2-1-3-5-10/h1-9H,16H2/b17-13+. The number of hydrogen-bond donors (Lipinski definition) is 1. The summed E-state index contributed by atoms with van der Waals surface area (Å²) in [5.41, 5.74) is 1.54. The molecule has 0 amide bonds. The molecule has 2 N–H and O–H groups in total. The van der Waals surface area contributed by atoms with Crippen LogP contribution >= 0.6 is 15.9 Å². The number of hydrazone groups is 1. The molecule has 90 valence electrons. The lowest BCUT2D eigenvalue weighted by atomic mass is 10.0. The quantitative estimate of drug-likeness (QED) is 0.410. The number of carbonyl (C=O) groups excluding carboxylic acids is 1. The number of rotatable bonds is 3. The molecule has 0 fully saturated rings. The van der Waals surface area contributed by atoms with Crippen molar-refractivity contribution in [2.75, 3.05) is 0 Å². The van der Waals surface area contributed by atoms with Crippen LogP contribution in [0.2, 0.25) is 0 Å². The molecule has 0 spiro atoms. The summed E-state index contributed by atoms with van der Waals surface area (Å²) in [5, 5.41) is 3.61. The zero-order valence-electron chi connectivity index (χ0n) is 9.51. The van der Waals surface area contributed by atoms with Crippen LogP contribution in [0.3, 0.4) is 0 Å².